The minimum absolute atomic E-state index is 0.175. The number of phenols is 1. The van der Waals surface area contributed by atoms with Crippen LogP contribution in [0.15, 0.2) is 60.7 Å². The van der Waals surface area contributed by atoms with Gasteiger partial charge < -0.3 is 5.11 Å². The third-order valence-electron chi connectivity index (χ3n) is 2.94. The molecule has 0 aliphatic heterocycles. The number of carboxylic acid groups (broad SMARTS) is 1. The molecule has 0 heterocycles. The molecule has 2 aromatic rings. The quantitative estimate of drug-likeness (QED) is 0.413. The second kappa shape index (κ2) is 9.66. The molecule has 0 spiro atoms. The first-order chi connectivity index (χ1) is 12.5. The van der Waals surface area contributed by atoms with Gasteiger partial charge in [-0.15, -0.1) is 0 Å². The van der Waals surface area contributed by atoms with Gasteiger partial charge in [0.05, 0.1) is 0 Å². The zero-order valence-electron chi connectivity index (χ0n) is 14.7. The predicted octanol–water partition coefficient (Wildman–Crippen LogP) is 1.65. The Morgan fingerprint density at radius 3 is 2.11 bits per heavy atom. The maximum absolute atomic E-state index is 12.3. The number of aromatic hydroxyl groups is 1. The van der Waals surface area contributed by atoms with Crippen LogP contribution in [0.2, 0.25) is 0 Å². The normalized spacial score (nSPS) is 12.0. The number of amides is 1. The van der Waals surface area contributed by atoms with Crippen molar-refractivity contribution in [1.29, 1.82) is 0 Å². The Labute approximate surface area is 159 Å². The van der Waals surface area contributed by atoms with Crippen molar-refractivity contribution in [3.63, 3.8) is 0 Å². The van der Waals surface area contributed by atoms with Crippen molar-refractivity contribution >= 4 is 36.1 Å². The number of aliphatic carboxylic acids is 1. The first-order valence-electron chi connectivity index (χ1n) is 7.60. The van der Waals surface area contributed by atoms with E-state index in [9.17, 15) is 22.5 Å². The van der Waals surface area contributed by atoms with E-state index in [0.29, 0.717) is 5.69 Å². The number of anilines is 1. The fourth-order valence-electron chi connectivity index (χ4n) is 1.72. The Balaban J connectivity index is 0.000000527. The van der Waals surface area contributed by atoms with E-state index in [1.54, 1.807) is 30.3 Å². The summed E-state index contributed by atoms with van der Waals surface area (Å²) in [6.07, 6.45) is 0. The number of hydrogen-bond acceptors (Lipinski definition) is 5. The summed E-state index contributed by atoms with van der Waals surface area (Å²) in [6.45, 7) is 5.93. The van der Waals surface area contributed by atoms with Gasteiger partial charge in [0.1, 0.15) is 0 Å². The average Bonchev–Trinajstić information content (AvgIpc) is 2.55. The molecule has 0 fully saturated rings. The summed E-state index contributed by atoms with van der Waals surface area (Å²) in [5, 5.41) is 20.2. The summed E-state index contributed by atoms with van der Waals surface area (Å²) < 4.78 is 27.3. The maximum atomic E-state index is 12.3. The van der Waals surface area contributed by atoms with E-state index in [0.717, 1.165) is 0 Å². The van der Waals surface area contributed by atoms with Crippen molar-refractivity contribution in [3.8, 4) is 11.5 Å². The average molecular weight is 437 g/mol. The molecule has 0 aliphatic carbocycles. The molecule has 0 aliphatic rings. The van der Waals surface area contributed by atoms with Crippen molar-refractivity contribution in [3.05, 3.63) is 60.7 Å². The van der Waals surface area contributed by atoms with Gasteiger partial charge in [0.25, 0.3) is 0 Å². The minimum atomic E-state index is -4.92. The second-order valence-corrected chi connectivity index (χ2v) is 8.97. The van der Waals surface area contributed by atoms with Crippen LogP contribution in [0.3, 0.4) is 0 Å². The van der Waals surface area contributed by atoms with E-state index in [2.05, 4.69) is 11.9 Å². The molecule has 8 nitrogen and oxygen atoms in total. The predicted molar refractivity (Wildman–Crippen MR) is 100 cm³/mol. The molecule has 0 radical (unpaired) electrons. The monoisotopic (exact) mass is 437 g/mol. The molecule has 9 heteroatoms. The summed E-state index contributed by atoms with van der Waals surface area (Å²) in [6, 6.07) is 12.1. The number of para-hydroxylation sites is 1. The molecule has 27 heavy (non-hydrogen) atoms. The first kappa shape index (κ1) is 22.1. The Morgan fingerprint density at radius 2 is 1.67 bits per heavy atom. The van der Waals surface area contributed by atoms with Gasteiger partial charge in [-0.2, -0.15) is 0 Å². The van der Waals surface area contributed by atoms with Crippen LogP contribution in [0.25, 0.3) is 0 Å². The summed E-state index contributed by atoms with van der Waals surface area (Å²) in [7, 11) is 0. The molecule has 0 saturated heterocycles. The standard InChI is InChI=1S/C14H14AsNO5.C4H6O2/c1-10(17)16-11-7-8-13(14(18)9-11)15(19,20)21-12-5-3-2-4-6-12;1-3(2)4(5)6/h2-9,18H,1H3,(H,16,17)(H,19,20);1H2,2H3,(H,5,6). The zero-order chi connectivity index (χ0) is 20.6. The van der Waals surface area contributed by atoms with E-state index in [-0.39, 0.29) is 21.6 Å². The molecule has 1 atom stereocenters. The third kappa shape index (κ3) is 7.43. The van der Waals surface area contributed by atoms with E-state index >= 15 is 0 Å². The molecule has 2 rings (SSSR count). The number of benzene rings is 2. The third-order valence-corrected chi connectivity index (χ3v) is 5.97. The van der Waals surface area contributed by atoms with Gasteiger partial charge in [-0.25, -0.2) is 4.79 Å². The van der Waals surface area contributed by atoms with E-state index in [4.69, 9.17) is 8.83 Å². The van der Waals surface area contributed by atoms with Gasteiger partial charge in [-0.3, -0.25) is 0 Å². The number of carbonyl (C=O) groups excluding carboxylic acids is 1. The van der Waals surface area contributed by atoms with Crippen LogP contribution in [-0.4, -0.2) is 40.4 Å². The van der Waals surface area contributed by atoms with Gasteiger partial charge >= 0.3 is 130 Å². The molecule has 2 aromatic carbocycles. The molecule has 4 N–H and O–H groups in total. The van der Waals surface area contributed by atoms with Gasteiger partial charge in [0.2, 0.25) is 0 Å². The van der Waals surface area contributed by atoms with Crippen LogP contribution >= 0.6 is 0 Å². The van der Waals surface area contributed by atoms with E-state index in [1.807, 2.05) is 0 Å². The number of nitrogens with one attached hydrogen (secondary N) is 1. The fourth-order valence-corrected chi connectivity index (χ4v) is 4.07. The summed E-state index contributed by atoms with van der Waals surface area (Å²) in [4.78, 5) is 20.5. The van der Waals surface area contributed by atoms with Crippen LogP contribution in [0, 0.1) is 0 Å². The molecule has 1 amide bonds. The van der Waals surface area contributed by atoms with Crippen molar-refractivity contribution in [2.45, 2.75) is 13.8 Å². The molecule has 0 aromatic heterocycles. The van der Waals surface area contributed by atoms with Crippen molar-refractivity contribution < 1.29 is 31.4 Å². The molecule has 0 saturated carbocycles. The van der Waals surface area contributed by atoms with Gasteiger partial charge in [-0.05, 0) is 6.92 Å². The Morgan fingerprint density at radius 1 is 1.11 bits per heavy atom. The Kier molecular flexibility index (Phi) is 7.90. The van der Waals surface area contributed by atoms with E-state index in [1.165, 1.54) is 32.0 Å². The molecular weight excluding hydrogens is 417 g/mol. The molecular formula is C18H20AsNO7. The van der Waals surface area contributed by atoms with Crippen molar-refractivity contribution in [2.24, 2.45) is 0 Å². The van der Waals surface area contributed by atoms with Crippen molar-refractivity contribution in [1.82, 2.24) is 0 Å². The van der Waals surface area contributed by atoms with Gasteiger partial charge in [0.15, 0.2) is 0 Å². The summed E-state index contributed by atoms with van der Waals surface area (Å²) >= 11 is -4.92. The topological polar surface area (TPSA) is 133 Å². The van der Waals surface area contributed by atoms with Crippen LogP contribution < -0.4 is 13.4 Å². The number of phenolic OH excluding ortho intramolecular Hbond substituents is 1. The van der Waals surface area contributed by atoms with Crippen LogP contribution in [-0.2, 0) is 13.3 Å². The summed E-state index contributed by atoms with van der Waals surface area (Å²) in [5.41, 5.74) is 0.508. The first-order valence-corrected chi connectivity index (χ1v) is 10.9. The summed E-state index contributed by atoms with van der Waals surface area (Å²) in [5.74, 6) is -1.40. The van der Waals surface area contributed by atoms with Crippen LogP contribution in [0.5, 0.6) is 11.5 Å². The van der Waals surface area contributed by atoms with Gasteiger partial charge in [0, 0.05) is 5.57 Å². The number of carboxylic acids is 1. The number of carbonyl (C=O) groups is 2. The fraction of sp³-hybridized carbons (Fsp3) is 0.111. The van der Waals surface area contributed by atoms with E-state index < -0.39 is 25.9 Å². The number of hydrogen-bond donors (Lipinski definition) is 4. The Bertz CT molecular complexity index is 869. The van der Waals surface area contributed by atoms with Gasteiger partial charge in [-0.1, -0.05) is 6.58 Å². The number of rotatable bonds is 5. The Hall–Kier alpha value is -2.96. The van der Waals surface area contributed by atoms with Crippen molar-refractivity contribution in [2.75, 3.05) is 5.32 Å². The second-order valence-electron chi connectivity index (χ2n) is 5.39. The zero-order valence-corrected chi connectivity index (χ0v) is 16.6. The van der Waals surface area contributed by atoms with Crippen LogP contribution in [0.1, 0.15) is 13.8 Å². The van der Waals surface area contributed by atoms with Crippen LogP contribution in [0.4, 0.5) is 5.69 Å². The molecule has 0 bridgehead atoms. The molecule has 144 valence electrons. The molecule has 1 unspecified atom stereocenters. The SMILES string of the molecule is C=C(C)C(=O)O.CC(=O)Nc1ccc([As](=O)(O)Oc2ccccc2)c(O)c1.